The normalized spacial score (nSPS) is 14.5. The van der Waals surface area contributed by atoms with Gasteiger partial charge in [0.1, 0.15) is 0 Å². The number of benzene rings is 1. The molecule has 2 unspecified atom stereocenters. The molecule has 4 heteroatoms. The van der Waals surface area contributed by atoms with E-state index in [9.17, 15) is 5.11 Å². The highest BCUT2D eigenvalue weighted by Gasteiger charge is 2.14. The molecular weight excluding hydrogens is 256 g/mol. The highest BCUT2D eigenvalue weighted by molar-refractivity contribution is 7.99. The predicted octanol–water partition coefficient (Wildman–Crippen LogP) is 2.44. The Hall–Kier alpha value is -1.10. The highest BCUT2D eigenvalue weighted by atomic mass is 32.2. The van der Waals surface area contributed by atoms with E-state index < -0.39 is 0 Å². The maximum absolute atomic E-state index is 9.29. The zero-order valence-corrected chi connectivity index (χ0v) is 12.2. The first-order chi connectivity index (χ1) is 9.26. The molecule has 1 aromatic heterocycles. The molecule has 0 radical (unpaired) electrons. The van der Waals surface area contributed by atoms with E-state index in [1.54, 1.807) is 11.8 Å². The summed E-state index contributed by atoms with van der Waals surface area (Å²) in [5, 5.41) is 15.4. The van der Waals surface area contributed by atoms with Crippen LogP contribution in [0.25, 0.3) is 10.8 Å². The van der Waals surface area contributed by atoms with Crippen molar-refractivity contribution in [3.63, 3.8) is 0 Å². The summed E-state index contributed by atoms with van der Waals surface area (Å²) in [6.45, 7) is 3.08. The summed E-state index contributed by atoms with van der Waals surface area (Å²) in [6, 6.07) is 8.54. The first-order valence-electron chi connectivity index (χ1n) is 6.45. The van der Waals surface area contributed by atoms with Gasteiger partial charge in [-0.3, -0.25) is 4.98 Å². The molecule has 0 aliphatic rings. The van der Waals surface area contributed by atoms with E-state index in [0.29, 0.717) is 0 Å². The van der Waals surface area contributed by atoms with Gasteiger partial charge < -0.3 is 10.4 Å². The minimum Gasteiger partial charge on any atom is -0.395 e. The summed E-state index contributed by atoms with van der Waals surface area (Å²) in [5.74, 6) is 0. The standard InChI is InChI=1S/C15H20N2OS/c1-11(15(10-18)19-2)17-9-13-8-16-7-12-5-3-4-6-14(12)13/h3-8,11,15,17-18H,9-10H2,1-2H3. The summed E-state index contributed by atoms with van der Waals surface area (Å²) >= 11 is 1.69. The number of pyridine rings is 1. The number of aliphatic hydroxyl groups is 1. The molecule has 1 heterocycles. The molecule has 2 rings (SSSR count). The number of hydrogen-bond acceptors (Lipinski definition) is 4. The van der Waals surface area contributed by atoms with Gasteiger partial charge in [-0.1, -0.05) is 24.3 Å². The molecule has 0 aliphatic heterocycles. The molecule has 2 N–H and O–H groups in total. The van der Waals surface area contributed by atoms with Crippen LogP contribution in [0.3, 0.4) is 0 Å². The number of fused-ring (bicyclic) bond motifs is 1. The van der Waals surface area contributed by atoms with E-state index in [2.05, 4.69) is 29.4 Å². The van der Waals surface area contributed by atoms with Gasteiger partial charge in [-0.15, -0.1) is 0 Å². The van der Waals surface area contributed by atoms with Crippen LogP contribution < -0.4 is 5.32 Å². The van der Waals surface area contributed by atoms with E-state index in [1.165, 1.54) is 10.9 Å². The Morgan fingerprint density at radius 2 is 2.11 bits per heavy atom. The van der Waals surface area contributed by atoms with Crippen LogP contribution in [0.15, 0.2) is 36.7 Å². The van der Waals surface area contributed by atoms with Crippen LogP contribution in [0.5, 0.6) is 0 Å². The molecule has 3 nitrogen and oxygen atoms in total. The first kappa shape index (κ1) is 14.3. The van der Waals surface area contributed by atoms with Gasteiger partial charge >= 0.3 is 0 Å². The van der Waals surface area contributed by atoms with Crippen LogP contribution in [0.1, 0.15) is 12.5 Å². The quantitative estimate of drug-likeness (QED) is 0.850. The lowest BCUT2D eigenvalue weighted by molar-refractivity contribution is 0.276. The molecule has 102 valence electrons. The fraction of sp³-hybridized carbons (Fsp3) is 0.400. The minimum absolute atomic E-state index is 0.198. The second-order valence-electron chi connectivity index (χ2n) is 4.65. The zero-order valence-electron chi connectivity index (χ0n) is 11.3. The molecule has 0 aliphatic carbocycles. The third-order valence-electron chi connectivity index (χ3n) is 3.41. The summed E-state index contributed by atoms with van der Waals surface area (Å²) in [4.78, 5) is 4.28. The Bertz CT molecular complexity index is 523. The number of hydrogen-bond donors (Lipinski definition) is 2. The lowest BCUT2D eigenvalue weighted by Gasteiger charge is -2.21. The molecular formula is C15H20N2OS. The Balaban J connectivity index is 2.09. The third kappa shape index (κ3) is 3.47. The topological polar surface area (TPSA) is 45.1 Å². The largest absolute Gasteiger partial charge is 0.395 e. The number of thioether (sulfide) groups is 1. The fourth-order valence-electron chi connectivity index (χ4n) is 2.16. The monoisotopic (exact) mass is 276 g/mol. The van der Waals surface area contributed by atoms with Gasteiger partial charge in [0.05, 0.1) is 6.61 Å². The number of nitrogens with one attached hydrogen (secondary N) is 1. The molecule has 0 fully saturated rings. The Labute approximate surface area is 118 Å². The highest BCUT2D eigenvalue weighted by Crippen LogP contribution is 2.17. The molecule has 2 aromatic rings. The summed E-state index contributed by atoms with van der Waals surface area (Å²) in [5.41, 5.74) is 1.20. The van der Waals surface area contributed by atoms with E-state index >= 15 is 0 Å². The Morgan fingerprint density at radius 3 is 2.84 bits per heavy atom. The Morgan fingerprint density at radius 1 is 1.32 bits per heavy atom. The third-order valence-corrected chi connectivity index (χ3v) is 4.57. The van der Waals surface area contributed by atoms with Gasteiger partial charge in [0.15, 0.2) is 0 Å². The average Bonchev–Trinajstić information content (AvgIpc) is 2.46. The maximum atomic E-state index is 9.29. The summed E-state index contributed by atoms with van der Waals surface area (Å²) < 4.78 is 0. The molecule has 19 heavy (non-hydrogen) atoms. The van der Waals surface area contributed by atoms with Crippen molar-refractivity contribution in [2.45, 2.75) is 24.8 Å². The second kappa shape index (κ2) is 6.89. The number of rotatable bonds is 6. The molecule has 0 saturated heterocycles. The summed E-state index contributed by atoms with van der Waals surface area (Å²) in [6.07, 6.45) is 5.83. The van der Waals surface area contributed by atoms with Crippen molar-refractivity contribution in [3.05, 3.63) is 42.2 Å². The van der Waals surface area contributed by atoms with Gasteiger partial charge in [-0.2, -0.15) is 11.8 Å². The number of aromatic nitrogens is 1. The zero-order chi connectivity index (χ0) is 13.7. The van der Waals surface area contributed by atoms with Crippen LogP contribution in [0.4, 0.5) is 0 Å². The average molecular weight is 276 g/mol. The molecule has 0 amide bonds. The van der Waals surface area contributed by atoms with Gasteiger partial charge in [0.25, 0.3) is 0 Å². The Kier molecular flexibility index (Phi) is 5.19. The molecule has 1 aromatic carbocycles. The molecule has 0 saturated carbocycles. The van der Waals surface area contributed by atoms with Gasteiger partial charge in [0.2, 0.25) is 0 Å². The molecule has 0 spiro atoms. The van der Waals surface area contributed by atoms with Crippen molar-refractivity contribution in [2.75, 3.05) is 12.9 Å². The van der Waals surface area contributed by atoms with Crippen molar-refractivity contribution in [3.8, 4) is 0 Å². The van der Waals surface area contributed by atoms with Crippen LogP contribution in [-0.4, -0.2) is 34.2 Å². The van der Waals surface area contributed by atoms with Crippen LogP contribution >= 0.6 is 11.8 Å². The molecule has 0 bridgehead atoms. The predicted molar refractivity (Wildman–Crippen MR) is 82.4 cm³/mol. The van der Waals surface area contributed by atoms with Crippen molar-refractivity contribution in [2.24, 2.45) is 0 Å². The lowest BCUT2D eigenvalue weighted by atomic mass is 10.1. The van der Waals surface area contributed by atoms with E-state index in [1.807, 2.05) is 30.8 Å². The number of aliphatic hydroxyl groups excluding tert-OH is 1. The van der Waals surface area contributed by atoms with Crippen molar-refractivity contribution >= 4 is 22.5 Å². The van der Waals surface area contributed by atoms with Gasteiger partial charge in [-0.25, -0.2) is 0 Å². The first-order valence-corrected chi connectivity index (χ1v) is 7.73. The van der Waals surface area contributed by atoms with Crippen molar-refractivity contribution in [1.29, 1.82) is 0 Å². The fourth-order valence-corrected chi connectivity index (χ4v) is 2.81. The van der Waals surface area contributed by atoms with E-state index in [4.69, 9.17) is 0 Å². The summed E-state index contributed by atoms with van der Waals surface area (Å²) in [7, 11) is 0. The van der Waals surface area contributed by atoms with E-state index in [0.717, 1.165) is 11.9 Å². The number of nitrogens with zero attached hydrogens (tertiary/aromatic N) is 1. The van der Waals surface area contributed by atoms with E-state index in [-0.39, 0.29) is 17.9 Å². The van der Waals surface area contributed by atoms with Crippen LogP contribution in [0, 0.1) is 0 Å². The van der Waals surface area contributed by atoms with Crippen molar-refractivity contribution < 1.29 is 5.11 Å². The second-order valence-corrected chi connectivity index (χ2v) is 5.72. The maximum Gasteiger partial charge on any atom is 0.0564 e. The SMILES string of the molecule is CSC(CO)C(C)NCc1cncc2ccccc12. The molecule has 2 atom stereocenters. The van der Waals surface area contributed by atoms with Crippen molar-refractivity contribution in [1.82, 2.24) is 10.3 Å². The van der Waals surface area contributed by atoms with Gasteiger partial charge in [-0.05, 0) is 24.1 Å². The smallest absolute Gasteiger partial charge is 0.0564 e. The minimum atomic E-state index is 0.198. The van der Waals surface area contributed by atoms with Crippen LogP contribution in [-0.2, 0) is 6.54 Å². The van der Waals surface area contributed by atoms with Gasteiger partial charge in [0, 0.05) is 35.6 Å². The lowest BCUT2D eigenvalue weighted by Crippen LogP contribution is -2.37. The van der Waals surface area contributed by atoms with Crippen LogP contribution in [0.2, 0.25) is 0 Å².